The zero-order valence-electron chi connectivity index (χ0n) is 7.35. The molecule has 0 aliphatic carbocycles. The molecule has 89 valence electrons. The van der Waals surface area contributed by atoms with Gasteiger partial charge >= 0.3 is 16.8 Å². The second-order valence-corrected chi connectivity index (χ2v) is 2.26. The first-order valence-corrected chi connectivity index (χ1v) is 3.23. The number of carbonyl (C=O) groups excluding carboxylic acids is 3. The van der Waals surface area contributed by atoms with Gasteiger partial charge in [-0.05, 0) is 0 Å². The summed E-state index contributed by atoms with van der Waals surface area (Å²) in [7, 11) is 0. The van der Waals surface area contributed by atoms with Gasteiger partial charge in [0.1, 0.15) is 0 Å². The van der Waals surface area contributed by atoms with Crippen molar-refractivity contribution < 1.29 is 52.0 Å². The van der Waals surface area contributed by atoms with Crippen LogP contribution >= 0.6 is 0 Å². The third-order valence-corrected chi connectivity index (χ3v) is 1.06. The molecule has 0 spiro atoms. The Kier molecular flexibility index (Phi) is 12.2. The van der Waals surface area contributed by atoms with E-state index < -0.39 is 37.5 Å². The van der Waals surface area contributed by atoms with Crippen molar-refractivity contribution in [3.05, 3.63) is 0 Å². The van der Waals surface area contributed by atoms with E-state index >= 15 is 0 Å². The van der Waals surface area contributed by atoms with Crippen LogP contribution in [0.2, 0.25) is 0 Å². The molecule has 0 atom stereocenters. The number of carboxylic acid groups (broad SMARTS) is 3. The Morgan fingerprint density at radius 3 is 1.13 bits per heavy atom. The van der Waals surface area contributed by atoms with Gasteiger partial charge in [0.2, 0.25) is 0 Å². The second kappa shape index (κ2) is 9.39. The molecule has 0 bridgehead atoms. The van der Waals surface area contributed by atoms with Gasteiger partial charge in [-0.2, -0.15) is 0 Å². The molecule has 1 radical (unpaired) electrons. The van der Waals surface area contributed by atoms with Crippen LogP contribution in [0.15, 0.2) is 0 Å². The van der Waals surface area contributed by atoms with Crippen LogP contribution in [-0.2, 0) is 31.2 Å². The standard InChI is InChI=1S/C6H9NO6.Co.H2O/c8-4(9)1-7(2-5(10)11)3-6(12)13;;/h1-3H2,(H,8,9)(H,10,11)(H,12,13);;1H2/q;+2;/p-3. The normalized spacial score (nSPS) is 8.60. The van der Waals surface area contributed by atoms with Gasteiger partial charge in [-0.1, -0.05) is 0 Å². The fourth-order valence-electron chi connectivity index (χ4n) is 0.715. The number of nitrogens with zero attached hydrogens (tertiary/aromatic N) is 1. The zero-order chi connectivity index (χ0) is 10.4. The minimum absolute atomic E-state index is 0. The van der Waals surface area contributed by atoms with E-state index in [1.54, 1.807) is 0 Å². The Balaban J connectivity index is -0.000000720. The summed E-state index contributed by atoms with van der Waals surface area (Å²) in [6.07, 6.45) is 0. The van der Waals surface area contributed by atoms with E-state index in [0.717, 1.165) is 0 Å². The van der Waals surface area contributed by atoms with Crippen LogP contribution in [0, 0.1) is 0 Å². The van der Waals surface area contributed by atoms with E-state index in [1.165, 1.54) is 0 Å². The van der Waals surface area contributed by atoms with Crippen molar-refractivity contribution in [3.8, 4) is 0 Å². The predicted molar refractivity (Wildman–Crippen MR) is 35.1 cm³/mol. The van der Waals surface area contributed by atoms with Crippen LogP contribution in [-0.4, -0.2) is 47.9 Å². The molecule has 0 saturated heterocycles. The molecule has 0 heterocycles. The molecular formula is C6H8CoNO7-. The number of hydrogen-bond acceptors (Lipinski definition) is 7. The molecule has 2 N–H and O–H groups in total. The molecule has 0 aromatic rings. The minimum atomic E-state index is -1.57. The summed E-state index contributed by atoms with van der Waals surface area (Å²) in [5.74, 6) is -4.70. The molecule has 0 amide bonds. The van der Waals surface area contributed by atoms with Crippen molar-refractivity contribution in [2.45, 2.75) is 0 Å². The van der Waals surface area contributed by atoms with Crippen LogP contribution in [0.25, 0.3) is 0 Å². The summed E-state index contributed by atoms with van der Waals surface area (Å²) in [4.78, 5) is 30.6. The number of hydrogen-bond donors (Lipinski definition) is 0. The minimum Gasteiger partial charge on any atom is -0.549 e. The number of aliphatic carboxylic acids is 3. The molecule has 0 aliphatic rings. The number of carbonyl (C=O) groups is 3. The van der Waals surface area contributed by atoms with Crippen LogP contribution in [0.3, 0.4) is 0 Å². The molecule has 0 unspecified atom stereocenters. The third kappa shape index (κ3) is 12.8. The summed E-state index contributed by atoms with van der Waals surface area (Å²) in [6.45, 7) is -2.37. The molecule has 0 aliphatic heterocycles. The molecule has 15 heavy (non-hydrogen) atoms. The van der Waals surface area contributed by atoms with Gasteiger partial charge in [0.15, 0.2) is 0 Å². The van der Waals surface area contributed by atoms with Gasteiger partial charge in [-0.15, -0.1) is 0 Å². The number of rotatable bonds is 6. The van der Waals surface area contributed by atoms with E-state index in [1.807, 2.05) is 0 Å². The Bertz CT molecular complexity index is 193. The van der Waals surface area contributed by atoms with Crippen LogP contribution < -0.4 is 15.3 Å². The van der Waals surface area contributed by atoms with Crippen molar-refractivity contribution in [2.75, 3.05) is 19.6 Å². The molecule has 0 saturated carbocycles. The first-order chi connectivity index (χ1) is 5.91. The maximum absolute atomic E-state index is 9.99. The van der Waals surface area contributed by atoms with Crippen LogP contribution in [0.4, 0.5) is 0 Å². The van der Waals surface area contributed by atoms with Gasteiger partial charge < -0.3 is 35.2 Å². The molecule has 8 nitrogen and oxygen atoms in total. The predicted octanol–water partition coefficient (Wildman–Crippen LogP) is -6.29. The first kappa shape index (κ1) is 19.4. The van der Waals surface area contributed by atoms with E-state index in [-0.39, 0.29) is 22.3 Å². The van der Waals surface area contributed by atoms with Crippen molar-refractivity contribution >= 4 is 17.9 Å². The molecular weight excluding hydrogens is 257 g/mol. The topological polar surface area (TPSA) is 155 Å². The van der Waals surface area contributed by atoms with Crippen molar-refractivity contribution in [3.63, 3.8) is 0 Å². The van der Waals surface area contributed by atoms with Gasteiger partial charge in [0, 0.05) is 19.6 Å². The maximum atomic E-state index is 9.99. The summed E-state index contributed by atoms with van der Waals surface area (Å²) < 4.78 is 0. The van der Waals surface area contributed by atoms with E-state index in [0.29, 0.717) is 4.90 Å². The third-order valence-electron chi connectivity index (χ3n) is 1.06. The Morgan fingerprint density at radius 1 is 0.800 bits per heavy atom. The average Bonchev–Trinajstić information content (AvgIpc) is 1.80. The van der Waals surface area contributed by atoms with Crippen molar-refractivity contribution in [1.29, 1.82) is 0 Å². The monoisotopic (exact) mass is 265 g/mol. The average molecular weight is 265 g/mol. The Morgan fingerprint density at radius 2 is 1.00 bits per heavy atom. The fraction of sp³-hybridized carbons (Fsp3) is 0.500. The molecule has 0 aromatic carbocycles. The summed E-state index contributed by atoms with van der Waals surface area (Å²) in [6, 6.07) is 0. The summed E-state index contributed by atoms with van der Waals surface area (Å²) in [5.41, 5.74) is 0. The first-order valence-electron chi connectivity index (χ1n) is 3.23. The SMILES string of the molecule is O.O=C([O-])CN(CC(=O)[O-])CC(=O)[O-].[Co+2]. The van der Waals surface area contributed by atoms with Crippen molar-refractivity contribution in [2.24, 2.45) is 0 Å². The van der Waals surface area contributed by atoms with Gasteiger partial charge in [-0.3, -0.25) is 4.90 Å². The zero-order valence-corrected chi connectivity index (χ0v) is 8.39. The van der Waals surface area contributed by atoms with Gasteiger partial charge in [0.25, 0.3) is 0 Å². The molecule has 0 rings (SSSR count). The summed E-state index contributed by atoms with van der Waals surface area (Å²) in [5, 5.41) is 30.0. The number of carboxylic acids is 3. The van der Waals surface area contributed by atoms with Gasteiger partial charge in [-0.25, -0.2) is 0 Å². The van der Waals surface area contributed by atoms with Gasteiger partial charge in [0.05, 0.1) is 17.9 Å². The Labute approximate surface area is 95.0 Å². The molecule has 9 heteroatoms. The fourth-order valence-corrected chi connectivity index (χ4v) is 0.715. The summed E-state index contributed by atoms with van der Waals surface area (Å²) >= 11 is 0. The smallest absolute Gasteiger partial charge is 0.549 e. The van der Waals surface area contributed by atoms with Crippen molar-refractivity contribution in [1.82, 2.24) is 4.90 Å². The van der Waals surface area contributed by atoms with E-state index in [9.17, 15) is 29.7 Å². The Hall–Kier alpha value is -1.16. The van der Waals surface area contributed by atoms with E-state index in [2.05, 4.69) is 0 Å². The molecule has 0 aromatic heterocycles. The molecule has 0 fully saturated rings. The largest absolute Gasteiger partial charge is 2.00 e. The quantitative estimate of drug-likeness (QED) is 0.462. The second-order valence-electron chi connectivity index (χ2n) is 2.26. The van der Waals surface area contributed by atoms with Crippen LogP contribution in [0.1, 0.15) is 0 Å². The van der Waals surface area contributed by atoms with E-state index in [4.69, 9.17) is 0 Å². The van der Waals surface area contributed by atoms with Crippen LogP contribution in [0.5, 0.6) is 0 Å². The maximum Gasteiger partial charge on any atom is 2.00 e.